The van der Waals surface area contributed by atoms with Crippen LogP contribution in [0.4, 0.5) is 0 Å². The number of fused-ring (bicyclic) bond motifs is 1. The average Bonchev–Trinajstić information content (AvgIpc) is 2.99. The summed E-state index contributed by atoms with van der Waals surface area (Å²) in [6, 6.07) is 9.41. The molecule has 118 valence electrons. The third kappa shape index (κ3) is 2.80. The third-order valence-electron chi connectivity index (χ3n) is 4.12. The van der Waals surface area contributed by atoms with Crippen molar-refractivity contribution in [3.63, 3.8) is 0 Å². The molecule has 7 heteroatoms. The minimum absolute atomic E-state index is 0.196. The highest BCUT2D eigenvalue weighted by Gasteiger charge is 2.21. The summed E-state index contributed by atoms with van der Waals surface area (Å²) in [4.78, 5) is 0. The van der Waals surface area contributed by atoms with E-state index in [1.165, 1.54) is 12.8 Å². The van der Waals surface area contributed by atoms with E-state index in [9.17, 15) is 0 Å². The van der Waals surface area contributed by atoms with E-state index in [0.29, 0.717) is 10.0 Å². The number of nitrogens with one attached hydrogen (secondary N) is 1. The average molecular weight is 348 g/mol. The maximum atomic E-state index is 6.30. The van der Waals surface area contributed by atoms with Gasteiger partial charge in [0.05, 0.1) is 16.8 Å². The second-order valence-corrected chi connectivity index (χ2v) is 6.52. The van der Waals surface area contributed by atoms with Crippen molar-refractivity contribution < 1.29 is 0 Å². The first-order valence-electron chi connectivity index (χ1n) is 7.63. The number of aromatic nitrogens is 4. The van der Waals surface area contributed by atoms with E-state index in [-0.39, 0.29) is 6.04 Å². The number of hydrogen-bond donors (Lipinski definition) is 1. The highest BCUT2D eigenvalue weighted by molar-refractivity contribution is 6.36. The van der Waals surface area contributed by atoms with Gasteiger partial charge >= 0.3 is 0 Å². The predicted molar refractivity (Wildman–Crippen MR) is 90.8 cm³/mol. The van der Waals surface area contributed by atoms with Gasteiger partial charge in [0.15, 0.2) is 11.5 Å². The second-order valence-electron chi connectivity index (χ2n) is 5.67. The maximum absolute atomic E-state index is 6.30. The molecule has 0 radical (unpaired) electrons. The predicted octanol–water partition coefficient (Wildman–Crippen LogP) is 3.91. The summed E-state index contributed by atoms with van der Waals surface area (Å²) in [6.07, 6.45) is 3.44. The van der Waals surface area contributed by atoms with Gasteiger partial charge in [-0.15, -0.1) is 10.2 Å². The van der Waals surface area contributed by atoms with Crippen LogP contribution in [0.1, 0.15) is 31.1 Å². The van der Waals surface area contributed by atoms with E-state index in [1.807, 2.05) is 28.8 Å². The van der Waals surface area contributed by atoms with Gasteiger partial charge in [-0.3, -0.25) is 0 Å². The smallest absolute Gasteiger partial charge is 0.178 e. The first kappa shape index (κ1) is 14.9. The molecule has 0 spiro atoms. The van der Waals surface area contributed by atoms with Crippen molar-refractivity contribution in [3.8, 4) is 11.3 Å². The molecule has 0 unspecified atom stereocenters. The molecule has 1 N–H and O–H groups in total. The van der Waals surface area contributed by atoms with Crippen molar-refractivity contribution in [2.45, 2.75) is 25.3 Å². The Hall–Kier alpha value is -1.69. The lowest BCUT2D eigenvalue weighted by atomic mass is 10.0. The van der Waals surface area contributed by atoms with E-state index in [0.717, 1.165) is 35.7 Å². The van der Waals surface area contributed by atoms with Gasteiger partial charge in [-0.1, -0.05) is 29.6 Å². The fourth-order valence-corrected chi connectivity index (χ4v) is 3.44. The van der Waals surface area contributed by atoms with E-state index < -0.39 is 0 Å². The fraction of sp³-hybridized carbons (Fsp3) is 0.312. The molecule has 2 aromatic heterocycles. The van der Waals surface area contributed by atoms with Crippen molar-refractivity contribution in [2.75, 3.05) is 6.54 Å². The standard InChI is InChI=1S/C16H15Cl2N5/c17-10-4-5-11(12(18)9-10)13-6-7-15-20-21-16(23(15)22-13)14-3-1-2-8-19-14/h4-7,9,14,19H,1-3,8H2/t14-/m0/s1. The number of piperidine rings is 1. The summed E-state index contributed by atoms with van der Waals surface area (Å²) in [5.74, 6) is 0.853. The molecule has 0 saturated carbocycles. The molecule has 1 fully saturated rings. The lowest BCUT2D eigenvalue weighted by molar-refractivity contribution is 0.392. The summed E-state index contributed by atoms with van der Waals surface area (Å²) in [5.41, 5.74) is 2.35. The Kier molecular flexibility index (Phi) is 3.93. The molecular formula is C16H15Cl2N5. The molecular weight excluding hydrogens is 333 g/mol. The number of halogens is 2. The highest BCUT2D eigenvalue weighted by Crippen LogP contribution is 2.29. The normalized spacial score (nSPS) is 18.4. The number of hydrogen-bond acceptors (Lipinski definition) is 4. The van der Waals surface area contributed by atoms with Gasteiger partial charge in [0.25, 0.3) is 0 Å². The highest BCUT2D eigenvalue weighted by atomic mass is 35.5. The molecule has 1 aromatic carbocycles. The van der Waals surface area contributed by atoms with Gasteiger partial charge < -0.3 is 5.32 Å². The van der Waals surface area contributed by atoms with Crippen molar-refractivity contribution in [1.29, 1.82) is 0 Å². The topological polar surface area (TPSA) is 55.1 Å². The Labute approximate surface area is 143 Å². The molecule has 1 aliphatic rings. The van der Waals surface area contributed by atoms with Crippen LogP contribution in [-0.2, 0) is 0 Å². The van der Waals surface area contributed by atoms with Crippen molar-refractivity contribution in [1.82, 2.24) is 25.1 Å². The Bertz CT molecular complexity index is 855. The van der Waals surface area contributed by atoms with Crippen LogP contribution in [0.2, 0.25) is 10.0 Å². The molecule has 23 heavy (non-hydrogen) atoms. The van der Waals surface area contributed by atoms with Crippen LogP contribution in [0.25, 0.3) is 16.9 Å². The van der Waals surface area contributed by atoms with E-state index in [2.05, 4.69) is 15.5 Å². The Balaban J connectivity index is 1.80. The largest absolute Gasteiger partial charge is 0.307 e. The molecule has 3 aromatic rings. The zero-order valence-corrected chi connectivity index (χ0v) is 13.8. The van der Waals surface area contributed by atoms with Gasteiger partial charge in [0, 0.05) is 10.6 Å². The zero-order valence-electron chi connectivity index (χ0n) is 12.3. The Morgan fingerprint density at radius 2 is 2.00 bits per heavy atom. The lowest BCUT2D eigenvalue weighted by Gasteiger charge is -2.21. The van der Waals surface area contributed by atoms with Crippen LogP contribution >= 0.6 is 23.2 Å². The SMILES string of the molecule is Clc1ccc(-c2ccc3nnc([C@@H]4CCCCN4)n3n2)c(Cl)c1. The van der Waals surface area contributed by atoms with E-state index in [4.69, 9.17) is 28.3 Å². The minimum Gasteiger partial charge on any atom is -0.307 e. The summed E-state index contributed by atoms with van der Waals surface area (Å²) < 4.78 is 1.81. The van der Waals surface area contributed by atoms with Gasteiger partial charge in [-0.25, -0.2) is 0 Å². The van der Waals surface area contributed by atoms with Gasteiger partial charge in [-0.05, 0) is 49.7 Å². The molecule has 0 aliphatic carbocycles. The third-order valence-corrected chi connectivity index (χ3v) is 4.66. The van der Waals surface area contributed by atoms with Crippen molar-refractivity contribution in [2.24, 2.45) is 0 Å². The molecule has 3 heterocycles. The molecule has 1 atom stereocenters. The van der Waals surface area contributed by atoms with Crippen molar-refractivity contribution in [3.05, 3.63) is 46.2 Å². The van der Waals surface area contributed by atoms with E-state index >= 15 is 0 Å². The Morgan fingerprint density at radius 1 is 1.09 bits per heavy atom. The first-order valence-corrected chi connectivity index (χ1v) is 8.39. The van der Waals surface area contributed by atoms with Crippen LogP contribution in [0, 0.1) is 0 Å². The minimum atomic E-state index is 0.196. The Morgan fingerprint density at radius 3 is 2.78 bits per heavy atom. The van der Waals surface area contributed by atoms with Crippen LogP contribution in [0.3, 0.4) is 0 Å². The molecule has 4 rings (SSSR count). The van der Waals surface area contributed by atoms with Crippen molar-refractivity contribution >= 4 is 28.8 Å². The molecule has 1 aliphatic heterocycles. The van der Waals surface area contributed by atoms with Gasteiger partial charge in [-0.2, -0.15) is 9.61 Å². The summed E-state index contributed by atoms with van der Waals surface area (Å²) in [6.45, 7) is 1.00. The first-order chi connectivity index (χ1) is 11.2. The van der Waals surface area contributed by atoms with Crippen LogP contribution in [-0.4, -0.2) is 26.4 Å². The summed E-state index contributed by atoms with van der Waals surface area (Å²) in [7, 11) is 0. The quantitative estimate of drug-likeness (QED) is 0.763. The second kappa shape index (κ2) is 6.07. The van der Waals surface area contributed by atoms with Gasteiger partial charge in [0.1, 0.15) is 0 Å². The lowest BCUT2D eigenvalue weighted by Crippen LogP contribution is -2.28. The molecule has 0 amide bonds. The fourth-order valence-electron chi connectivity index (χ4n) is 2.94. The number of benzene rings is 1. The molecule has 0 bridgehead atoms. The van der Waals surface area contributed by atoms with Crippen LogP contribution < -0.4 is 5.32 Å². The zero-order chi connectivity index (χ0) is 15.8. The number of rotatable bonds is 2. The van der Waals surface area contributed by atoms with Gasteiger partial charge in [0.2, 0.25) is 0 Å². The van der Waals surface area contributed by atoms with Crippen LogP contribution in [0.5, 0.6) is 0 Å². The summed E-state index contributed by atoms with van der Waals surface area (Å²) in [5, 5.41) is 17.9. The molecule has 1 saturated heterocycles. The van der Waals surface area contributed by atoms with E-state index in [1.54, 1.807) is 6.07 Å². The number of nitrogens with zero attached hydrogens (tertiary/aromatic N) is 4. The maximum Gasteiger partial charge on any atom is 0.178 e. The van der Waals surface area contributed by atoms with Crippen LogP contribution in [0.15, 0.2) is 30.3 Å². The monoisotopic (exact) mass is 347 g/mol. The summed E-state index contributed by atoms with van der Waals surface area (Å²) >= 11 is 12.3. The molecule has 5 nitrogen and oxygen atoms in total.